The van der Waals surface area contributed by atoms with Crippen LogP contribution in [0.5, 0.6) is 0 Å². The molecule has 0 bridgehead atoms. The molecule has 0 radical (unpaired) electrons. The molecule has 0 unspecified atom stereocenters. The Morgan fingerprint density at radius 1 is 1.36 bits per heavy atom. The van der Waals surface area contributed by atoms with Gasteiger partial charge in [0, 0.05) is 13.1 Å². The molecule has 0 spiro atoms. The zero-order valence-electron chi connectivity index (χ0n) is 7.86. The molecule has 0 aliphatic carbocycles. The van der Waals surface area contributed by atoms with E-state index < -0.39 is 5.95 Å². The second-order valence-corrected chi connectivity index (χ2v) is 3.54. The Bertz CT molecular complexity index is 311. The molecule has 1 aliphatic rings. The third-order valence-corrected chi connectivity index (χ3v) is 2.49. The van der Waals surface area contributed by atoms with Gasteiger partial charge in [-0.2, -0.15) is 4.39 Å². The summed E-state index contributed by atoms with van der Waals surface area (Å²) in [6, 6.07) is 4.78. The second-order valence-electron chi connectivity index (χ2n) is 3.54. The van der Waals surface area contributed by atoms with Gasteiger partial charge >= 0.3 is 0 Å². The van der Waals surface area contributed by atoms with Crippen LogP contribution in [0.1, 0.15) is 12.8 Å². The summed E-state index contributed by atoms with van der Waals surface area (Å²) in [6.07, 6.45) is 1.26. The molecule has 1 aromatic rings. The average molecular weight is 196 g/mol. The van der Waals surface area contributed by atoms with Crippen molar-refractivity contribution in [2.24, 2.45) is 0 Å². The summed E-state index contributed by atoms with van der Waals surface area (Å²) in [5.41, 5.74) is 0. The van der Waals surface area contributed by atoms with Crippen LogP contribution < -0.4 is 4.90 Å². The van der Waals surface area contributed by atoms with Crippen molar-refractivity contribution in [3.63, 3.8) is 0 Å². The maximum atomic E-state index is 12.8. The molecule has 1 N–H and O–H groups in total. The molecule has 1 aromatic heterocycles. The summed E-state index contributed by atoms with van der Waals surface area (Å²) in [7, 11) is 0. The first-order valence-corrected chi connectivity index (χ1v) is 4.81. The largest absolute Gasteiger partial charge is 0.393 e. The van der Waals surface area contributed by atoms with Gasteiger partial charge in [0.25, 0.3) is 0 Å². The van der Waals surface area contributed by atoms with Gasteiger partial charge in [0.05, 0.1) is 6.10 Å². The Morgan fingerprint density at radius 3 is 2.71 bits per heavy atom. The van der Waals surface area contributed by atoms with Gasteiger partial charge in [-0.1, -0.05) is 6.07 Å². The topological polar surface area (TPSA) is 36.4 Å². The third kappa shape index (κ3) is 2.01. The van der Waals surface area contributed by atoms with Crippen molar-refractivity contribution in [3.8, 4) is 0 Å². The first-order chi connectivity index (χ1) is 6.75. The minimum atomic E-state index is -0.450. The van der Waals surface area contributed by atoms with E-state index in [2.05, 4.69) is 4.98 Å². The van der Waals surface area contributed by atoms with Crippen LogP contribution in [0, 0.1) is 5.95 Å². The van der Waals surface area contributed by atoms with Gasteiger partial charge < -0.3 is 10.0 Å². The number of piperidine rings is 1. The molecule has 4 heteroatoms. The number of aliphatic hydroxyl groups excluding tert-OH is 1. The Balaban J connectivity index is 2.08. The van der Waals surface area contributed by atoms with E-state index in [1.165, 1.54) is 6.07 Å². The highest BCUT2D eigenvalue weighted by molar-refractivity contribution is 5.38. The molecule has 14 heavy (non-hydrogen) atoms. The number of halogens is 1. The molecule has 1 fully saturated rings. The Morgan fingerprint density at radius 2 is 2.07 bits per heavy atom. The summed E-state index contributed by atoms with van der Waals surface area (Å²) in [6.45, 7) is 1.50. The summed E-state index contributed by atoms with van der Waals surface area (Å²) in [4.78, 5) is 5.80. The van der Waals surface area contributed by atoms with Crippen LogP contribution >= 0.6 is 0 Å². The molecule has 2 rings (SSSR count). The summed E-state index contributed by atoms with van der Waals surface area (Å²) in [5, 5.41) is 9.31. The molecule has 0 saturated carbocycles. The molecule has 1 aliphatic heterocycles. The summed E-state index contributed by atoms with van der Waals surface area (Å²) in [5.74, 6) is 0.213. The quantitative estimate of drug-likeness (QED) is 0.685. The fourth-order valence-corrected chi connectivity index (χ4v) is 1.67. The lowest BCUT2D eigenvalue weighted by atomic mass is 10.1. The van der Waals surface area contributed by atoms with Crippen molar-refractivity contribution in [2.75, 3.05) is 18.0 Å². The van der Waals surface area contributed by atoms with Gasteiger partial charge in [0.15, 0.2) is 0 Å². The normalized spacial score (nSPS) is 18.6. The zero-order chi connectivity index (χ0) is 9.97. The number of anilines is 1. The highest BCUT2D eigenvalue weighted by Crippen LogP contribution is 2.17. The molecule has 0 amide bonds. The molecule has 0 atom stereocenters. The first-order valence-electron chi connectivity index (χ1n) is 4.81. The van der Waals surface area contributed by atoms with E-state index in [9.17, 15) is 9.50 Å². The fourth-order valence-electron chi connectivity index (χ4n) is 1.67. The predicted molar refractivity (Wildman–Crippen MR) is 51.6 cm³/mol. The monoisotopic (exact) mass is 196 g/mol. The van der Waals surface area contributed by atoms with Crippen molar-refractivity contribution in [2.45, 2.75) is 18.9 Å². The van der Waals surface area contributed by atoms with Gasteiger partial charge in [-0.25, -0.2) is 4.98 Å². The van der Waals surface area contributed by atoms with Crippen LogP contribution in [-0.4, -0.2) is 29.3 Å². The van der Waals surface area contributed by atoms with Gasteiger partial charge in [-0.3, -0.25) is 0 Å². The van der Waals surface area contributed by atoms with E-state index in [1.54, 1.807) is 12.1 Å². The number of aromatic nitrogens is 1. The summed E-state index contributed by atoms with van der Waals surface area (Å²) >= 11 is 0. The lowest BCUT2D eigenvalue weighted by Crippen LogP contribution is -2.36. The van der Waals surface area contributed by atoms with Crippen LogP contribution in [-0.2, 0) is 0 Å². The highest BCUT2D eigenvalue weighted by Gasteiger charge is 2.17. The van der Waals surface area contributed by atoms with Crippen molar-refractivity contribution in [1.29, 1.82) is 0 Å². The van der Waals surface area contributed by atoms with E-state index >= 15 is 0 Å². The summed E-state index contributed by atoms with van der Waals surface area (Å²) < 4.78 is 12.8. The number of aliphatic hydroxyl groups is 1. The Hall–Kier alpha value is -1.16. The lowest BCUT2D eigenvalue weighted by molar-refractivity contribution is 0.145. The smallest absolute Gasteiger partial charge is 0.214 e. The number of rotatable bonds is 1. The molecular weight excluding hydrogens is 183 g/mol. The van der Waals surface area contributed by atoms with Gasteiger partial charge in [0.1, 0.15) is 5.82 Å². The second kappa shape index (κ2) is 3.92. The fraction of sp³-hybridized carbons (Fsp3) is 0.500. The number of pyridine rings is 1. The van der Waals surface area contributed by atoms with Crippen LogP contribution in [0.4, 0.5) is 10.2 Å². The van der Waals surface area contributed by atoms with Gasteiger partial charge in [-0.15, -0.1) is 0 Å². The standard InChI is InChI=1S/C10H13FN2O/c11-9-2-1-3-10(12-9)13-6-4-8(14)5-7-13/h1-3,8,14H,4-7H2. The van der Waals surface area contributed by atoms with Gasteiger partial charge in [-0.05, 0) is 25.0 Å². The molecule has 1 saturated heterocycles. The zero-order valence-corrected chi connectivity index (χ0v) is 7.86. The highest BCUT2D eigenvalue weighted by atomic mass is 19.1. The van der Waals surface area contributed by atoms with Crippen LogP contribution in [0.25, 0.3) is 0 Å². The van der Waals surface area contributed by atoms with Crippen molar-refractivity contribution < 1.29 is 9.50 Å². The molecular formula is C10H13FN2O. The van der Waals surface area contributed by atoms with E-state index in [0.717, 1.165) is 25.9 Å². The number of hydrogen-bond donors (Lipinski definition) is 1. The van der Waals surface area contributed by atoms with Crippen molar-refractivity contribution in [3.05, 3.63) is 24.1 Å². The van der Waals surface area contributed by atoms with E-state index in [1.807, 2.05) is 4.90 Å². The minimum Gasteiger partial charge on any atom is -0.393 e. The Kier molecular flexibility index (Phi) is 2.63. The van der Waals surface area contributed by atoms with E-state index in [-0.39, 0.29) is 6.10 Å². The van der Waals surface area contributed by atoms with Crippen molar-refractivity contribution >= 4 is 5.82 Å². The predicted octanol–water partition coefficient (Wildman–Crippen LogP) is 1.18. The van der Waals surface area contributed by atoms with Crippen LogP contribution in [0.2, 0.25) is 0 Å². The number of hydrogen-bond acceptors (Lipinski definition) is 3. The van der Waals surface area contributed by atoms with Crippen LogP contribution in [0.3, 0.4) is 0 Å². The Labute approximate surface area is 82.2 Å². The van der Waals surface area contributed by atoms with Gasteiger partial charge in [0.2, 0.25) is 5.95 Å². The molecule has 3 nitrogen and oxygen atoms in total. The number of nitrogens with zero attached hydrogens (tertiary/aromatic N) is 2. The first kappa shape index (κ1) is 9.40. The van der Waals surface area contributed by atoms with E-state index in [4.69, 9.17) is 0 Å². The SMILES string of the molecule is OC1CCN(c2cccc(F)n2)CC1. The minimum absolute atomic E-state index is 0.209. The van der Waals surface area contributed by atoms with Crippen LogP contribution in [0.15, 0.2) is 18.2 Å². The molecule has 0 aromatic carbocycles. The lowest BCUT2D eigenvalue weighted by Gasteiger charge is -2.30. The third-order valence-electron chi connectivity index (χ3n) is 2.49. The molecule has 2 heterocycles. The molecule has 76 valence electrons. The van der Waals surface area contributed by atoms with E-state index in [0.29, 0.717) is 5.82 Å². The average Bonchev–Trinajstić information content (AvgIpc) is 2.19. The maximum Gasteiger partial charge on any atom is 0.214 e. The maximum absolute atomic E-state index is 12.8. The van der Waals surface area contributed by atoms with Crippen molar-refractivity contribution in [1.82, 2.24) is 4.98 Å².